The van der Waals surface area contributed by atoms with Gasteiger partial charge in [-0.1, -0.05) is 84.0 Å². The van der Waals surface area contributed by atoms with Crippen molar-refractivity contribution < 1.29 is 9.53 Å². The van der Waals surface area contributed by atoms with Crippen molar-refractivity contribution >= 4 is 5.97 Å². The molecule has 0 aliphatic carbocycles. The maximum atomic E-state index is 11.0. The Morgan fingerprint density at radius 3 is 1.71 bits per heavy atom. The van der Waals surface area contributed by atoms with Crippen molar-refractivity contribution in [1.82, 2.24) is 0 Å². The molecule has 1 atom stereocenters. The lowest BCUT2D eigenvalue weighted by Gasteiger charge is -2.08. The minimum Gasteiger partial charge on any atom is -0.462 e. The van der Waals surface area contributed by atoms with Crippen LogP contribution in [0.4, 0.5) is 0 Å². The zero-order valence-corrected chi connectivity index (χ0v) is 14.2. The van der Waals surface area contributed by atoms with Gasteiger partial charge in [-0.15, -0.1) is 0 Å². The molecule has 0 bridgehead atoms. The van der Waals surface area contributed by atoms with Gasteiger partial charge in [0.05, 0.1) is 0 Å². The Morgan fingerprint density at radius 2 is 1.29 bits per heavy atom. The molecule has 0 aromatic carbocycles. The van der Waals surface area contributed by atoms with E-state index in [9.17, 15) is 4.79 Å². The molecule has 0 saturated carbocycles. The molecule has 124 valence electrons. The van der Waals surface area contributed by atoms with Crippen molar-refractivity contribution in [3.63, 3.8) is 0 Å². The lowest BCUT2D eigenvalue weighted by atomic mass is 10.0. The van der Waals surface area contributed by atoms with Gasteiger partial charge in [-0.05, 0) is 19.3 Å². The van der Waals surface area contributed by atoms with E-state index in [0.29, 0.717) is 6.42 Å². The molecule has 0 amide bonds. The Kier molecular flexibility index (Phi) is 11.6. The van der Waals surface area contributed by atoms with E-state index in [1.54, 1.807) is 0 Å². The molecule has 1 aliphatic heterocycles. The highest BCUT2D eigenvalue weighted by atomic mass is 16.5. The van der Waals surface area contributed by atoms with Gasteiger partial charge in [0, 0.05) is 6.42 Å². The highest BCUT2D eigenvalue weighted by Crippen LogP contribution is 2.20. The summed E-state index contributed by atoms with van der Waals surface area (Å²) in [6, 6.07) is 0. The fraction of sp³-hybridized carbons (Fsp3) is 0.947. The zero-order valence-electron chi connectivity index (χ0n) is 14.2. The molecule has 0 spiro atoms. The summed E-state index contributed by atoms with van der Waals surface area (Å²) >= 11 is 0. The second kappa shape index (κ2) is 13.2. The third kappa shape index (κ3) is 10.8. The highest BCUT2D eigenvalue weighted by molar-refractivity contribution is 5.71. The summed E-state index contributed by atoms with van der Waals surface area (Å²) in [6.45, 7) is 2.28. The first-order chi connectivity index (χ1) is 10.3. The summed E-state index contributed by atoms with van der Waals surface area (Å²) in [5.41, 5.74) is 0. The monoisotopic (exact) mass is 296 g/mol. The number of hydrogen-bond donors (Lipinski definition) is 0. The van der Waals surface area contributed by atoms with E-state index >= 15 is 0 Å². The minimum atomic E-state index is 0.00898. The largest absolute Gasteiger partial charge is 0.462 e. The van der Waals surface area contributed by atoms with Gasteiger partial charge in [-0.2, -0.15) is 0 Å². The Morgan fingerprint density at radius 1 is 0.810 bits per heavy atom. The van der Waals surface area contributed by atoms with E-state index in [1.807, 2.05) is 0 Å². The van der Waals surface area contributed by atoms with Gasteiger partial charge in [-0.3, -0.25) is 4.79 Å². The van der Waals surface area contributed by atoms with Crippen LogP contribution in [-0.4, -0.2) is 12.1 Å². The van der Waals surface area contributed by atoms with Gasteiger partial charge in [0.25, 0.3) is 0 Å². The van der Waals surface area contributed by atoms with Gasteiger partial charge in [0.2, 0.25) is 0 Å². The van der Waals surface area contributed by atoms with Crippen molar-refractivity contribution in [2.24, 2.45) is 0 Å². The number of esters is 1. The van der Waals surface area contributed by atoms with Crippen molar-refractivity contribution in [2.75, 3.05) is 0 Å². The Bertz CT molecular complexity index is 250. The predicted molar refractivity (Wildman–Crippen MR) is 89.4 cm³/mol. The van der Waals surface area contributed by atoms with Gasteiger partial charge in [0.1, 0.15) is 6.10 Å². The first kappa shape index (κ1) is 18.5. The lowest BCUT2D eigenvalue weighted by Crippen LogP contribution is -2.06. The third-order valence-electron chi connectivity index (χ3n) is 4.60. The van der Waals surface area contributed by atoms with Crippen LogP contribution >= 0.6 is 0 Å². The van der Waals surface area contributed by atoms with Crippen LogP contribution in [0.25, 0.3) is 0 Å². The zero-order chi connectivity index (χ0) is 15.2. The average Bonchev–Trinajstić information content (AvgIpc) is 2.89. The van der Waals surface area contributed by atoms with Crippen molar-refractivity contribution in [2.45, 2.75) is 116 Å². The number of unbranched alkanes of at least 4 members (excludes halogenated alkanes) is 12. The maximum Gasteiger partial charge on any atom is 0.306 e. The van der Waals surface area contributed by atoms with E-state index < -0.39 is 0 Å². The van der Waals surface area contributed by atoms with E-state index in [4.69, 9.17) is 4.74 Å². The quantitative estimate of drug-likeness (QED) is 0.283. The highest BCUT2D eigenvalue weighted by Gasteiger charge is 2.22. The van der Waals surface area contributed by atoms with Gasteiger partial charge < -0.3 is 4.74 Å². The summed E-state index contributed by atoms with van der Waals surface area (Å²) in [5.74, 6) is 0.00898. The second-order valence-corrected chi connectivity index (χ2v) is 6.68. The predicted octanol–water partition coefficient (Wildman–Crippen LogP) is 6.17. The lowest BCUT2D eigenvalue weighted by molar-refractivity contribution is -0.141. The minimum absolute atomic E-state index is 0.00898. The van der Waals surface area contributed by atoms with Gasteiger partial charge >= 0.3 is 5.97 Å². The number of hydrogen-bond acceptors (Lipinski definition) is 2. The molecule has 2 nitrogen and oxygen atoms in total. The summed E-state index contributed by atoms with van der Waals surface area (Å²) < 4.78 is 5.23. The van der Waals surface area contributed by atoms with Crippen LogP contribution < -0.4 is 0 Å². The van der Waals surface area contributed by atoms with Crippen LogP contribution in [-0.2, 0) is 9.53 Å². The van der Waals surface area contributed by atoms with Crippen LogP contribution in [0, 0.1) is 0 Å². The number of carbonyl (C=O) groups is 1. The normalized spacial score (nSPS) is 18.1. The molecule has 0 aromatic rings. The fourth-order valence-corrected chi connectivity index (χ4v) is 3.18. The van der Waals surface area contributed by atoms with Gasteiger partial charge in [-0.25, -0.2) is 0 Å². The molecule has 1 heterocycles. The Balaban J connectivity index is 1.70. The van der Waals surface area contributed by atoms with Crippen molar-refractivity contribution in [1.29, 1.82) is 0 Å². The summed E-state index contributed by atoms with van der Waals surface area (Å²) in [4.78, 5) is 11.0. The maximum absolute atomic E-state index is 11.0. The first-order valence-electron chi connectivity index (χ1n) is 9.52. The smallest absolute Gasteiger partial charge is 0.306 e. The molecule has 0 unspecified atom stereocenters. The van der Waals surface area contributed by atoms with Crippen LogP contribution in [0.5, 0.6) is 0 Å². The van der Waals surface area contributed by atoms with E-state index in [-0.39, 0.29) is 12.1 Å². The fourth-order valence-electron chi connectivity index (χ4n) is 3.18. The summed E-state index contributed by atoms with van der Waals surface area (Å²) in [5, 5.41) is 0. The number of cyclic esters (lactones) is 1. The molecule has 2 heteroatoms. The van der Waals surface area contributed by atoms with Crippen LogP contribution in [0.1, 0.15) is 110 Å². The van der Waals surface area contributed by atoms with E-state index in [2.05, 4.69) is 6.92 Å². The molecule has 1 saturated heterocycles. The average molecular weight is 296 g/mol. The number of ether oxygens (including phenoxy) is 1. The topological polar surface area (TPSA) is 26.3 Å². The van der Waals surface area contributed by atoms with Crippen molar-refractivity contribution in [3.8, 4) is 0 Å². The number of rotatable bonds is 14. The SMILES string of the molecule is CCCCCCCCCCCCCCC[C@@H]1CCC(=O)O1. The molecule has 0 radical (unpaired) electrons. The molecule has 0 aromatic heterocycles. The van der Waals surface area contributed by atoms with Crippen LogP contribution in [0.2, 0.25) is 0 Å². The molecular weight excluding hydrogens is 260 g/mol. The molecule has 1 fully saturated rings. The Labute approximate surface area is 132 Å². The molecule has 21 heavy (non-hydrogen) atoms. The van der Waals surface area contributed by atoms with Crippen molar-refractivity contribution in [3.05, 3.63) is 0 Å². The third-order valence-corrected chi connectivity index (χ3v) is 4.60. The molecular formula is C19H36O2. The standard InChI is InChI=1S/C19H36O2/c1-2-3-4-5-6-7-8-9-10-11-12-13-14-15-18-16-17-19(20)21-18/h18H,2-17H2,1H3/t18-/m1/s1. The number of carbonyl (C=O) groups excluding carboxylic acids is 1. The molecule has 0 N–H and O–H groups in total. The van der Waals surface area contributed by atoms with E-state index in [1.165, 1.54) is 83.5 Å². The summed E-state index contributed by atoms with van der Waals surface area (Å²) in [7, 11) is 0. The van der Waals surface area contributed by atoms with Crippen LogP contribution in [0.15, 0.2) is 0 Å². The van der Waals surface area contributed by atoms with Gasteiger partial charge in [0.15, 0.2) is 0 Å². The summed E-state index contributed by atoms with van der Waals surface area (Å²) in [6.07, 6.45) is 21.0. The Hall–Kier alpha value is -0.530. The second-order valence-electron chi connectivity index (χ2n) is 6.68. The molecule has 1 aliphatic rings. The van der Waals surface area contributed by atoms with Crippen LogP contribution in [0.3, 0.4) is 0 Å². The first-order valence-corrected chi connectivity index (χ1v) is 9.52. The van der Waals surface area contributed by atoms with E-state index in [0.717, 1.165) is 12.8 Å². The molecule has 1 rings (SSSR count).